The zero-order valence-corrected chi connectivity index (χ0v) is 12.9. The molecule has 0 amide bonds. The lowest BCUT2D eigenvalue weighted by Gasteiger charge is -2.12. The molecule has 0 saturated heterocycles. The Balaban J connectivity index is 2.35. The fourth-order valence-electron chi connectivity index (χ4n) is 1.99. The van der Waals surface area contributed by atoms with E-state index >= 15 is 0 Å². The normalized spacial score (nSPS) is 11.2. The van der Waals surface area contributed by atoms with Crippen LogP contribution in [0, 0.1) is 13.8 Å². The minimum atomic E-state index is -3.72. The number of rotatable bonds is 4. The average molecular weight is 307 g/mol. The Labute approximate surface area is 124 Å². The van der Waals surface area contributed by atoms with Crippen LogP contribution in [0.25, 0.3) is 0 Å². The van der Waals surface area contributed by atoms with E-state index in [1.165, 1.54) is 6.07 Å². The molecule has 0 heterocycles. The van der Waals surface area contributed by atoms with Crippen molar-refractivity contribution in [2.45, 2.75) is 18.7 Å². The van der Waals surface area contributed by atoms with Crippen molar-refractivity contribution in [1.29, 1.82) is 0 Å². The molecule has 21 heavy (non-hydrogen) atoms. The molecule has 0 unspecified atom stereocenters. The highest BCUT2D eigenvalue weighted by atomic mass is 32.2. The van der Waals surface area contributed by atoms with Crippen molar-refractivity contribution in [3.05, 3.63) is 47.5 Å². The van der Waals surface area contributed by atoms with Gasteiger partial charge >= 0.3 is 0 Å². The highest BCUT2D eigenvalue weighted by Crippen LogP contribution is 2.33. The van der Waals surface area contributed by atoms with Crippen LogP contribution in [0.15, 0.2) is 41.3 Å². The Morgan fingerprint density at radius 2 is 1.71 bits per heavy atom. The van der Waals surface area contributed by atoms with Crippen LogP contribution in [-0.2, 0) is 10.0 Å². The minimum Gasteiger partial charge on any atom is -0.493 e. The van der Waals surface area contributed by atoms with Crippen molar-refractivity contribution in [2.75, 3.05) is 7.11 Å². The van der Waals surface area contributed by atoms with Gasteiger partial charge in [-0.3, -0.25) is 0 Å². The Morgan fingerprint density at radius 3 is 2.29 bits per heavy atom. The van der Waals surface area contributed by atoms with E-state index in [9.17, 15) is 8.42 Å². The summed E-state index contributed by atoms with van der Waals surface area (Å²) in [5.74, 6) is 1.69. The third-order valence-electron chi connectivity index (χ3n) is 3.00. The minimum absolute atomic E-state index is 0.0886. The van der Waals surface area contributed by atoms with Crippen molar-refractivity contribution in [2.24, 2.45) is 5.14 Å². The molecule has 0 aliphatic heterocycles. The van der Waals surface area contributed by atoms with Gasteiger partial charge in [-0.1, -0.05) is 6.07 Å². The van der Waals surface area contributed by atoms with Gasteiger partial charge in [0, 0.05) is 0 Å². The van der Waals surface area contributed by atoms with E-state index in [0.717, 1.165) is 5.56 Å². The van der Waals surface area contributed by atoms with Gasteiger partial charge in [-0.05, 0) is 55.3 Å². The molecule has 0 radical (unpaired) electrons. The number of sulfonamides is 1. The Morgan fingerprint density at radius 1 is 1.00 bits per heavy atom. The molecule has 2 aromatic carbocycles. The van der Waals surface area contributed by atoms with E-state index in [2.05, 4.69) is 0 Å². The molecule has 0 spiro atoms. The Bertz CT molecular complexity index is 769. The topological polar surface area (TPSA) is 78.6 Å². The van der Waals surface area contributed by atoms with Crippen LogP contribution < -0.4 is 14.6 Å². The number of benzene rings is 2. The molecular formula is C15H17NO4S. The van der Waals surface area contributed by atoms with Gasteiger partial charge in [0.1, 0.15) is 5.75 Å². The maximum atomic E-state index is 11.4. The van der Waals surface area contributed by atoms with Gasteiger partial charge in [0.05, 0.1) is 12.0 Å². The predicted molar refractivity (Wildman–Crippen MR) is 80.4 cm³/mol. The van der Waals surface area contributed by atoms with Gasteiger partial charge in [-0.15, -0.1) is 0 Å². The van der Waals surface area contributed by atoms with E-state index in [1.54, 1.807) is 32.2 Å². The van der Waals surface area contributed by atoms with Crippen LogP contribution in [0.3, 0.4) is 0 Å². The van der Waals surface area contributed by atoms with E-state index in [1.807, 2.05) is 19.1 Å². The maximum Gasteiger partial charge on any atom is 0.238 e. The van der Waals surface area contributed by atoms with Gasteiger partial charge < -0.3 is 9.47 Å². The average Bonchev–Trinajstić information content (AvgIpc) is 2.39. The zero-order valence-electron chi connectivity index (χ0n) is 12.1. The third kappa shape index (κ3) is 3.53. The molecule has 0 fully saturated rings. The molecule has 2 rings (SSSR count). The molecular weight excluding hydrogens is 290 g/mol. The second-order valence-corrected chi connectivity index (χ2v) is 6.26. The predicted octanol–water partition coefficient (Wildman–Crippen LogP) is 2.75. The summed E-state index contributed by atoms with van der Waals surface area (Å²) < 4.78 is 33.8. The van der Waals surface area contributed by atoms with Crippen molar-refractivity contribution >= 4 is 10.0 Å². The molecule has 2 aromatic rings. The van der Waals surface area contributed by atoms with Gasteiger partial charge in [0.15, 0.2) is 11.5 Å². The van der Waals surface area contributed by atoms with E-state index in [0.29, 0.717) is 22.8 Å². The first-order valence-electron chi connectivity index (χ1n) is 6.27. The van der Waals surface area contributed by atoms with Crippen LogP contribution in [0.2, 0.25) is 0 Å². The smallest absolute Gasteiger partial charge is 0.238 e. The van der Waals surface area contributed by atoms with E-state index in [4.69, 9.17) is 14.6 Å². The van der Waals surface area contributed by atoms with Gasteiger partial charge in [0.25, 0.3) is 0 Å². The summed E-state index contributed by atoms with van der Waals surface area (Å²) in [6.07, 6.45) is 0. The molecule has 0 aliphatic carbocycles. The fraction of sp³-hybridized carbons (Fsp3) is 0.200. The first kappa shape index (κ1) is 15.3. The summed E-state index contributed by atoms with van der Waals surface area (Å²) in [6.45, 7) is 3.62. The van der Waals surface area contributed by atoms with Crippen molar-refractivity contribution in [3.8, 4) is 17.2 Å². The number of hydrogen-bond donors (Lipinski definition) is 1. The van der Waals surface area contributed by atoms with Crippen LogP contribution in [-0.4, -0.2) is 15.5 Å². The summed E-state index contributed by atoms with van der Waals surface area (Å²) in [5.41, 5.74) is 1.58. The van der Waals surface area contributed by atoms with Gasteiger partial charge in [-0.2, -0.15) is 0 Å². The third-order valence-corrected chi connectivity index (χ3v) is 4.07. The second kappa shape index (κ2) is 5.75. The van der Waals surface area contributed by atoms with E-state index in [-0.39, 0.29) is 4.90 Å². The molecule has 0 bridgehead atoms. The van der Waals surface area contributed by atoms with E-state index < -0.39 is 10.0 Å². The summed E-state index contributed by atoms with van der Waals surface area (Å²) >= 11 is 0. The Kier molecular flexibility index (Phi) is 4.20. The van der Waals surface area contributed by atoms with Crippen molar-refractivity contribution < 1.29 is 17.9 Å². The molecule has 0 saturated carbocycles. The number of ether oxygens (including phenoxy) is 2. The maximum absolute atomic E-state index is 11.4. The first-order valence-corrected chi connectivity index (χ1v) is 7.82. The van der Waals surface area contributed by atoms with Crippen molar-refractivity contribution in [3.63, 3.8) is 0 Å². The van der Waals surface area contributed by atoms with Crippen LogP contribution in [0.1, 0.15) is 11.1 Å². The molecule has 2 N–H and O–H groups in total. The lowest BCUT2D eigenvalue weighted by Crippen LogP contribution is -2.13. The summed E-state index contributed by atoms with van der Waals surface area (Å²) in [5, 5.41) is 5.13. The van der Waals surface area contributed by atoms with Crippen molar-refractivity contribution in [1.82, 2.24) is 0 Å². The van der Waals surface area contributed by atoms with Crippen LogP contribution in [0.5, 0.6) is 17.2 Å². The molecule has 6 heteroatoms. The van der Waals surface area contributed by atoms with Gasteiger partial charge in [-0.25, -0.2) is 13.6 Å². The quantitative estimate of drug-likeness (QED) is 0.942. The number of nitrogens with two attached hydrogens (primary N) is 1. The zero-order chi connectivity index (χ0) is 15.6. The number of aryl methyl sites for hydroxylation is 2. The molecule has 0 aromatic heterocycles. The summed E-state index contributed by atoms with van der Waals surface area (Å²) in [6, 6.07) is 10.2. The second-order valence-electron chi connectivity index (χ2n) is 4.73. The molecule has 0 aliphatic rings. The lowest BCUT2D eigenvalue weighted by atomic mass is 10.2. The summed E-state index contributed by atoms with van der Waals surface area (Å²) in [7, 11) is -2.16. The monoisotopic (exact) mass is 307 g/mol. The molecule has 5 nitrogen and oxygen atoms in total. The fourth-order valence-corrected chi connectivity index (χ4v) is 2.76. The standard InChI is InChI=1S/C15H17NO4S/c1-10-4-6-13(14(8-10)19-3)20-12-5-7-15(11(2)9-12)21(16,17)18/h4-9H,1-3H3,(H2,16,17,18). The van der Waals surface area contributed by atoms with Gasteiger partial charge in [0.2, 0.25) is 10.0 Å². The van der Waals surface area contributed by atoms with Crippen LogP contribution in [0.4, 0.5) is 0 Å². The molecule has 0 atom stereocenters. The summed E-state index contributed by atoms with van der Waals surface area (Å²) in [4.78, 5) is 0.0886. The Hall–Kier alpha value is -2.05. The number of hydrogen-bond acceptors (Lipinski definition) is 4. The first-order chi connectivity index (χ1) is 9.81. The number of primary sulfonamides is 1. The largest absolute Gasteiger partial charge is 0.493 e. The molecule has 112 valence electrons. The number of methoxy groups -OCH3 is 1. The van der Waals surface area contributed by atoms with Crippen LogP contribution >= 0.6 is 0 Å². The highest BCUT2D eigenvalue weighted by Gasteiger charge is 2.13. The highest BCUT2D eigenvalue weighted by molar-refractivity contribution is 7.89. The lowest BCUT2D eigenvalue weighted by molar-refractivity contribution is 0.378. The SMILES string of the molecule is COc1cc(C)ccc1Oc1ccc(S(N)(=O)=O)c(C)c1.